The van der Waals surface area contributed by atoms with Crippen molar-refractivity contribution >= 4 is 17.9 Å². The van der Waals surface area contributed by atoms with Gasteiger partial charge in [-0.15, -0.1) is 0 Å². The number of Topliss-reactive ketones (excluding diaryl/α,β-unsaturated/α-hetero) is 1. The monoisotopic (exact) mass is 414 g/mol. The van der Waals surface area contributed by atoms with Gasteiger partial charge in [0.25, 0.3) is 0 Å². The minimum absolute atomic E-state index is 0.188. The molecule has 0 saturated carbocycles. The van der Waals surface area contributed by atoms with Crippen LogP contribution >= 0.6 is 0 Å². The molecule has 1 heterocycles. The predicted molar refractivity (Wildman–Crippen MR) is 120 cm³/mol. The Morgan fingerprint density at radius 2 is 1.81 bits per heavy atom. The van der Waals surface area contributed by atoms with E-state index < -0.39 is 0 Å². The van der Waals surface area contributed by atoms with E-state index in [1.165, 1.54) is 0 Å². The number of benzene rings is 3. The zero-order valence-corrected chi connectivity index (χ0v) is 17.4. The number of methoxy groups -OCH3 is 2. The molecule has 0 bridgehead atoms. The van der Waals surface area contributed by atoms with Gasteiger partial charge in [-0.2, -0.15) is 0 Å². The van der Waals surface area contributed by atoms with Crippen LogP contribution in [0.15, 0.2) is 73.0 Å². The molecule has 3 aromatic carbocycles. The molecule has 0 unspecified atom stereocenters. The van der Waals surface area contributed by atoms with Crippen LogP contribution in [0.25, 0.3) is 12.2 Å². The number of carbonyl (C=O) groups excluding carboxylic acids is 1. The molecular weight excluding hydrogens is 392 g/mol. The molecule has 156 valence electrons. The van der Waals surface area contributed by atoms with Gasteiger partial charge in [-0.1, -0.05) is 49.1 Å². The van der Waals surface area contributed by atoms with Crippen LogP contribution in [0.4, 0.5) is 0 Å². The number of allylic oxidation sites excluding steroid dienone is 1. The molecule has 5 nitrogen and oxygen atoms in total. The number of fused-ring (bicyclic) bond motifs is 1. The van der Waals surface area contributed by atoms with Crippen molar-refractivity contribution in [1.82, 2.24) is 0 Å². The fraction of sp³-hybridized carbons (Fsp3) is 0.115. The van der Waals surface area contributed by atoms with E-state index in [1.807, 2.05) is 36.4 Å². The number of hydrogen-bond acceptors (Lipinski definition) is 5. The van der Waals surface area contributed by atoms with E-state index in [0.717, 1.165) is 11.1 Å². The van der Waals surface area contributed by atoms with Crippen LogP contribution in [0.3, 0.4) is 0 Å². The summed E-state index contributed by atoms with van der Waals surface area (Å²) in [6, 6.07) is 18.6. The number of para-hydroxylation sites is 1. The van der Waals surface area contributed by atoms with E-state index in [9.17, 15) is 4.79 Å². The minimum Gasteiger partial charge on any atom is -0.493 e. The number of rotatable bonds is 7. The van der Waals surface area contributed by atoms with Gasteiger partial charge in [0.05, 0.1) is 19.8 Å². The maximum atomic E-state index is 12.8. The summed E-state index contributed by atoms with van der Waals surface area (Å²) in [4.78, 5) is 12.8. The summed E-state index contributed by atoms with van der Waals surface area (Å²) >= 11 is 0. The molecule has 1 aliphatic rings. The molecule has 5 heteroatoms. The van der Waals surface area contributed by atoms with Crippen LogP contribution in [0, 0.1) is 0 Å². The van der Waals surface area contributed by atoms with Crippen LogP contribution in [0.1, 0.15) is 27.0 Å². The molecule has 0 aromatic heterocycles. The summed E-state index contributed by atoms with van der Waals surface area (Å²) in [6.45, 7) is 4.16. The summed E-state index contributed by atoms with van der Waals surface area (Å²) in [7, 11) is 3.12. The standard InChI is InChI=1S/C26H22O5/c1-4-17-8-10-18(11-9-17)16-30-20-12-13-21-23(15-20)31-24(25(21)27)14-19-6-5-7-22(28-2)26(19)29-3/h4-15H,1,16H2,2-3H3/b24-14-. The lowest BCUT2D eigenvalue weighted by atomic mass is 10.1. The molecule has 0 N–H and O–H groups in total. The average Bonchev–Trinajstić information content (AvgIpc) is 3.12. The van der Waals surface area contributed by atoms with E-state index in [1.54, 1.807) is 50.6 Å². The Morgan fingerprint density at radius 3 is 2.52 bits per heavy atom. The van der Waals surface area contributed by atoms with Crippen molar-refractivity contribution in [2.45, 2.75) is 6.61 Å². The third-order valence-corrected chi connectivity index (χ3v) is 4.98. The van der Waals surface area contributed by atoms with Gasteiger partial charge in [-0.25, -0.2) is 0 Å². The maximum Gasteiger partial charge on any atom is 0.231 e. The van der Waals surface area contributed by atoms with Crippen LogP contribution in [-0.2, 0) is 6.61 Å². The Balaban J connectivity index is 1.53. The third kappa shape index (κ3) is 4.16. The molecule has 31 heavy (non-hydrogen) atoms. The molecule has 0 amide bonds. The highest BCUT2D eigenvalue weighted by Gasteiger charge is 2.28. The van der Waals surface area contributed by atoms with Gasteiger partial charge in [0, 0.05) is 11.6 Å². The fourth-order valence-corrected chi connectivity index (χ4v) is 3.34. The summed E-state index contributed by atoms with van der Waals surface area (Å²) in [6.07, 6.45) is 3.46. The van der Waals surface area contributed by atoms with Gasteiger partial charge in [0.15, 0.2) is 17.3 Å². The first-order valence-corrected chi connectivity index (χ1v) is 9.76. The largest absolute Gasteiger partial charge is 0.493 e. The predicted octanol–water partition coefficient (Wildman–Crippen LogP) is 5.54. The minimum atomic E-state index is -0.188. The molecule has 0 aliphatic carbocycles. The Kier molecular flexibility index (Phi) is 5.76. The zero-order valence-electron chi connectivity index (χ0n) is 17.4. The summed E-state index contributed by atoms with van der Waals surface area (Å²) < 4.78 is 22.5. The third-order valence-electron chi connectivity index (χ3n) is 4.98. The summed E-state index contributed by atoms with van der Waals surface area (Å²) in [5, 5.41) is 0. The SMILES string of the molecule is C=Cc1ccc(COc2ccc3c(c2)O/C(=C\c2cccc(OC)c2OC)C3=O)cc1. The number of ketones is 1. The normalized spacial score (nSPS) is 13.5. The first-order chi connectivity index (χ1) is 15.1. The van der Waals surface area contributed by atoms with Crippen molar-refractivity contribution in [1.29, 1.82) is 0 Å². The Hall–Kier alpha value is -3.99. The Bertz CT molecular complexity index is 1160. The smallest absolute Gasteiger partial charge is 0.231 e. The van der Waals surface area contributed by atoms with Gasteiger partial charge in [-0.05, 0) is 35.4 Å². The summed E-state index contributed by atoms with van der Waals surface area (Å²) in [5.74, 6) is 2.25. The van der Waals surface area contributed by atoms with Crippen LogP contribution < -0.4 is 18.9 Å². The molecule has 0 fully saturated rings. The first kappa shape index (κ1) is 20.3. The number of carbonyl (C=O) groups is 1. The molecular formula is C26H22O5. The molecule has 0 atom stereocenters. The van der Waals surface area contributed by atoms with Crippen molar-refractivity contribution in [3.63, 3.8) is 0 Å². The zero-order chi connectivity index (χ0) is 21.8. The van der Waals surface area contributed by atoms with Gasteiger partial charge in [0.1, 0.15) is 18.1 Å². The molecule has 3 aromatic rings. The maximum absolute atomic E-state index is 12.8. The molecule has 1 aliphatic heterocycles. The molecule has 0 saturated heterocycles. The van der Waals surface area contributed by atoms with Crippen molar-refractivity contribution in [3.8, 4) is 23.0 Å². The van der Waals surface area contributed by atoms with Crippen LogP contribution in [0.2, 0.25) is 0 Å². The van der Waals surface area contributed by atoms with Gasteiger partial charge < -0.3 is 18.9 Å². The fourth-order valence-electron chi connectivity index (χ4n) is 3.34. The Labute approximate surface area is 181 Å². The second-order valence-corrected chi connectivity index (χ2v) is 6.91. The highest BCUT2D eigenvalue weighted by molar-refractivity contribution is 6.14. The lowest BCUT2D eigenvalue weighted by Crippen LogP contribution is -1.99. The highest BCUT2D eigenvalue weighted by atomic mass is 16.5. The van der Waals surface area contributed by atoms with Crippen molar-refractivity contribution < 1.29 is 23.7 Å². The lowest BCUT2D eigenvalue weighted by molar-refractivity contribution is 0.101. The molecule has 0 spiro atoms. The van der Waals surface area contributed by atoms with E-state index >= 15 is 0 Å². The highest BCUT2D eigenvalue weighted by Crippen LogP contribution is 2.37. The molecule has 0 radical (unpaired) electrons. The van der Waals surface area contributed by atoms with Crippen LogP contribution in [-0.4, -0.2) is 20.0 Å². The second kappa shape index (κ2) is 8.79. The first-order valence-electron chi connectivity index (χ1n) is 9.76. The summed E-state index contributed by atoms with van der Waals surface area (Å²) in [5.41, 5.74) is 3.28. The number of ether oxygens (including phenoxy) is 4. The quantitative estimate of drug-likeness (QED) is 0.475. The topological polar surface area (TPSA) is 54.0 Å². The van der Waals surface area contributed by atoms with Crippen molar-refractivity contribution in [2.75, 3.05) is 14.2 Å². The second-order valence-electron chi connectivity index (χ2n) is 6.91. The van der Waals surface area contributed by atoms with Crippen LogP contribution in [0.5, 0.6) is 23.0 Å². The number of hydrogen-bond donors (Lipinski definition) is 0. The van der Waals surface area contributed by atoms with Crippen molar-refractivity contribution in [2.24, 2.45) is 0 Å². The average molecular weight is 414 g/mol. The van der Waals surface area contributed by atoms with Gasteiger partial charge in [-0.3, -0.25) is 4.79 Å². The van der Waals surface area contributed by atoms with Crippen molar-refractivity contribution in [3.05, 3.63) is 95.3 Å². The van der Waals surface area contributed by atoms with E-state index in [4.69, 9.17) is 18.9 Å². The van der Waals surface area contributed by atoms with E-state index in [-0.39, 0.29) is 11.5 Å². The van der Waals surface area contributed by atoms with E-state index in [0.29, 0.717) is 40.7 Å². The molecule has 4 rings (SSSR count). The Morgan fingerprint density at radius 1 is 1.00 bits per heavy atom. The van der Waals surface area contributed by atoms with Gasteiger partial charge in [0.2, 0.25) is 5.78 Å². The van der Waals surface area contributed by atoms with E-state index in [2.05, 4.69) is 6.58 Å². The lowest BCUT2D eigenvalue weighted by Gasteiger charge is -2.10. The van der Waals surface area contributed by atoms with Gasteiger partial charge >= 0.3 is 0 Å².